The van der Waals surface area contributed by atoms with Gasteiger partial charge in [-0.05, 0) is 50.1 Å². The SMILES string of the molecule is c1ccc(-c2cc(-c3ccc([Si]4(c5ccccc5)c5ccccc5-c5ccccc54)cc3)nc(-n3c4ccccc4c4ccccc43)n2)cc1. The van der Waals surface area contributed by atoms with Crippen molar-refractivity contribution in [2.75, 3.05) is 0 Å². The molecule has 7 aromatic carbocycles. The molecule has 1 aliphatic heterocycles. The van der Waals surface area contributed by atoms with Gasteiger partial charge in [-0.3, -0.25) is 4.57 Å². The third kappa shape index (κ3) is 4.22. The van der Waals surface area contributed by atoms with Crippen molar-refractivity contribution in [3.8, 4) is 39.6 Å². The number of rotatable bonds is 5. The Kier molecular flexibility index (Phi) is 6.51. The third-order valence-corrected chi connectivity index (χ3v) is 15.2. The minimum absolute atomic E-state index is 0.664. The molecule has 0 bridgehead atoms. The van der Waals surface area contributed by atoms with Crippen LogP contribution < -0.4 is 20.7 Å². The van der Waals surface area contributed by atoms with Gasteiger partial charge in [-0.1, -0.05) is 170 Å². The van der Waals surface area contributed by atoms with Crippen LogP contribution in [0.2, 0.25) is 0 Å². The van der Waals surface area contributed by atoms with Gasteiger partial charge in [-0.25, -0.2) is 9.97 Å². The minimum atomic E-state index is -2.57. The summed E-state index contributed by atoms with van der Waals surface area (Å²) in [4.78, 5) is 10.5. The number of para-hydroxylation sites is 2. The van der Waals surface area contributed by atoms with E-state index in [9.17, 15) is 0 Å². The zero-order valence-corrected chi connectivity index (χ0v) is 28.2. The van der Waals surface area contributed by atoms with Crippen LogP contribution in [0, 0.1) is 0 Å². The molecule has 3 heterocycles. The van der Waals surface area contributed by atoms with E-state index in [0.29, 0.717) is 5.95 Å². The summed E-state index contributed by atoms with van der Waals surface area (Å²) in [5, 5.41) is 8.04. The van der Waals surface area contributed by atoms with E-state index in [1.54, 1.807) is 0 Å². The molecule has 0 saturated carbocycles. The first-order valence-electron chi connectivity index (χ1n) is 17.1. The van der Waals surface area contributed by atoms with E-state index in [0.717, 1.165) is 33.5 Å². The molecule has 0 saturated heterocycles. The molecule has 0 radical (unpaired) electrons. The van der Waals surface area contributed by atoms with Gasteiger partial charge >= 0.3 is 0 Å². The minimum Gasteiger partial charge on any atom is -0.278 e. The molecule has 0 aliphatic carbocycles. The highest BCUT2D eigenvalue weighted by Gasteiger charge is 2.48. The molecular formula is C46H31N3Si. The smallest absolute Gasteiger partial charge is 0.235 e. The van der Waals surface area contributed by atoms with Gasteiger partial charge in [0, 0.05) is 21.9 Å². The molecule has 10 rings (SSSR count). The van der Waals surface area contributed by atoms with E-state index < -0.39 is 8.07 Å². The maximum atomic E-state index is 5.31. The lowest BCUT2D eigenvalue weighted by atomic mass is 10.1. The van der Waals surface area contributed by atoms with Crippen LogP contribution in [0.5, 0.6) is 0 Å². The van der Waals surface area contributed by atoms with Gasteiger partial charge < -0.3 is 0 Å². The first kappa shape index (κ1) is 28.6. The van der Waals surface area contributed by atoms with Crippen LogP contribution in [-0.2, 0) is 0 Å². The van der Waals surface area contributed by atoms with Crippen LogP contribution in [0.3, 0.4) is 0 Å². The molecule has 50 heavy (non-hydrogen) atoms. The van der Waals surface area contributed by atoms with Gasteiger partial charge in [0.05, 0.1) is 22.4 Å². The Morgan fingerprint density at radius 2 is 0.820 bits per heavy atom. The second-order valence-corrected chi connectivity index (χ2v) is 16.7. The molecule has 0 atom stereocenters. The summed E-state index contributed by atoms with van der Waals surface area (Å²) in [6, 6.07) is 68.0. The van der Waals surface area contributed by atoms with Crippen LogP contribution in [0.1, 0.15) is 0 Å². The molecule has 0 N–H and O–H groups in total. The molecule has 3 nitrogen and oxygen atoms in total. The molecular weight excluding hydrogens is 623 g/mol. The fourth-order valence-electron chi connectivity index (χ4n) is 8.18. The Morgan fingerprint density at radius 1 is 0.380 bits per heavy atom. The molecule has 4 heteroatoms. The third-order valence-electron chi connectivity index (χ3n) is 10.3. The Labute approximate surface area is 291 Å². The second kappa shape index (κ2) is 11.4. The number of benzene rings is 7. The van der Waals surface area contributed by atoms with Crippen molar-refractivity contribution in [1.29, 1.82) is 0 Å². The van der Waals surface area contributed by atoms with Gasteiger partial charge in [-0.15, -0.1) is 0 Å². The summed E-state index contributed by atoms with van der Waals surface area (Å²) in [5.74, 6) is 0.664. The number of aromatic nitrogens is 3. The number of hydrogen-bond donors (Lipinski definition) is 0. The maximum absolute atomic E-state index is 5.31. The first-order valence-corrected chi connectivity index (χ1v) is 19.1. The van der Waals surface area contributed by atoms with Gasteiger partial charge in [-0.2, -0.15) is 0 Å². The number of hydrogen-bond acceptors (Lipinski definition) is 2. The zero-order valence-electron chi connectivity index (χ0n) is 27.2. The molecule has 2 aromatic heterocycles. The van der Waals surface area contributed by atoms with Gasteiger partial charge in [0.1, 0.15) is 0 Å². The molecule has 0 unspecified atom stereocenters. The average Bonchev–Trinajstić information content (AvgIpc) is 3.70. The van der Waals surface area contributed by atoms with Crippen LogP contribution in [0.25, 0.3) is 61.4 Å². The van der Waals surface area contributed by atoms with E-state index in [2.05, 4.69) is 187 Å². The standard InChI is InChI=1S/C46H31N3Si/c1-3-15-32(16-4-1)40-31-41(48-46(47-40)49-42-23-11-7-19-36(42)37-20-8-12-24-43(37)49)33-27-29-35(30-28-33)50(34-17-5-2-6-18-34)44-25-13-9-21-38(44)39-22-10-14-26-45(39)50/h1-31H. The molecule has 0 fully saturated rings. The van der Waals surface area contributed by atoms with E-state index in [4.69, 9.17) is 9.97 Å². The van der Waals surface area contributed by atoms with E-state index >= 15 is 0 Å². The summed E-state index contributed by atoms with van der Waals surface area (Å²) in [6.07, 6.45) is 0. The summed E-state index contributed by atoms with van der Waals surface area (Å²) < 4.78 is 2.21. The van der Waals surface area contributed by atoms with Crippen molar-refractivity contribution in [2.45, 2.75) is 0 Å². The molecule has 234 valence electrons. The highest BCUT2D eigenvalue weighted by molar-refractivity contribution is 7.22. The summed E-state index contributed by atoms with van der Waals surface area (Å²) in [7, 11) is -2.57. The summed E-state index contributed by atoms with van der Waals surface area (Å²) >= 11 is 0. The largest absolute Gasteiger partial charge is 0.278 e. The van der Waals surface area contributed by atoms with Gasteiger partial charge in [0.15, 0.2) is 8.07 Å². The predicted octanol–water partition coefficient (Wildman–Crippen LogP) is 8.27. The maximum Gasteiger partial charge on any atom is 0.235 e. The van der Waals surface area contributed by atoms with Crippen LogP contribution in [0.15, 0.2) is 188 Å². The molecule has 9 aromatic rings. The highest BCUT2D eigenvalue weighted by atomic mass is 28.3. The molecule has 0 spiro atoms. The van der Waals surface area contributed by atoms with Crippen molar-refractivity contribution >= 4 is 50.6 Å². The fraction of sp³-hybridized carbons (Fsp3) is 0. The Balaban J connectivity index is 1.19. The molecule has 0 amide bonds. The van der Waals surface area contributed by atoms with Crippen LogP contribution in [0.4, 0.5) is 0 Å². The Bertz CT molecular complexity index is 2600. The van der Waals surface area contributed by atoms with Gasteiger partial charge in [0.2, 0.25) is 5.95 Å². The molecule has 1 aliphatic rings. The Hall–Kier alpha value is -6.36. The van der Waals surface area contributed by atoms with Crippen molar-refractivity contribution in [3.63, 3.8) is 0 Å². The summed E-state index contributed by atoms with van der Waals surface area (Å²) in [6.45, 7) is 0. The van der Waals surface area contributed by atoms with E-state index in [-0.39, 0.29) is 0 Å². The quantitative estimate of drug-likeness (QED) is 0.175. The highest BCUT2D eigenvalue weighted by Crippen LogP contribution is 2.33. The average molecular weight is 654 g/mol. The second-order valence-electron chi connectivity index (χ2n) is 13.0. The normalized spacial score (nSPS) is 13.0. The van der Waals surface area contributed by atoms with Crippen LogP contribution >= 0.6 is 0 Å². The van der Waals surface area contributed by atoms with Gasteiger partial charge in [0.25, 0.3) is 0 Å². The van der Waals surface area contributed by atoms with Crippen LogP contribution in [-0.4, -0.2) is 22.6 Å². The van der Waals surface area contributed by atoms with Crippen molar-refractivity contribution in [1.82, 2.24) is 14.5 Å². The lowest BCUT2D eigenvalue weighted by Crippen LogP contribution is -2.72. The van der Waals surface area contributed by atoms with Crippen molar-refractivity contribution < 1.29 is 0 Å². The zero-order chi connectivity index (χ0) is 33.1. The number of nitrogens with zero attached hydrogens (tertiary/aromatic N) is 3. The first-order chi connectivity index (χ1) is 24.8. The topological polar surface area (TPSA) is 30.7 Å². The van der Waals surface area contributed by atoms with E-state index in [1.165, 1.54) is 42.6 Å². The predicted molar refractivity (Wildman–Crippen MR) is 210 cm³/mol. The summed E-state index contributed by atoms with van der Waals surface area (Å²) in [5.41, 5.74) is 8.79. The van der Waals surface area contributed by atoms with Crippen molar-refractivity contribution in [2.24, 2.45) is 0 Å². The number of fused-ring (bicyclic) bond motifs is 6. The fourth-order valence-corrected chi connectivity index (χ4v) is 13.3. The lowest BCUT2D eigenvalue weighted by Gasteiger charge is -2.31. The monoisotopic (exact) mass is 653 g/mol. The van der Waals surface area contributed by atoms with E-state index in [1.807, 2.05) is 6.07 Å². The lowest BCUT2D eigenvalue weighted by molar-refractivity contribution is 0.995. The van der Waals surface area contributed by atoms with Crippen molar-refractivity contribution in [3.05, 3.63) is 188 Å². The Morgan fingerprint density at radius 3 is 1.40 bits per heavy atom.